The van der Waals surface area contributed by atoms with E-state index >= 15 is 0 Å². The van der Waals surface area contributed by atoms with Crippen LogP contribution in [-0.2, 0) is 0 Å². The molecule has 0 fully saturated rings. The van der Waals surface area contributed by atoms with Crippen molar-refractivity contribution in [2.75, 3.05) is 21.1 Å². The van der Waals surface area contributed by atoms with Gasteiger partial charge >= 0.3 is 0 Å². The second-order valence-corrected chi connectivity index (χ2v) is 5.42. The van der Waals surface area contributed by atoms with Gasteiger partial charge in [0.15, 0.2) is 0 Å². The lowest BCUT2D eigenvalue weighted by Crippen LogP contribution is -2.48. The molecule has 0 aromatic heterocycles. The lowest BCUT2D eigenvalue weighted by molar-refractivity contribution is 0.177. The highest BCUT2D eigenvalue weighted by Gasteiger charge is 2.31. The Labute approximate surface area is 108 Å². The van der Waals surface area contributed by atoms with E-state index in [4.69, 9.17) is 11.6 Å². The molecule has 1 aromatic rings. The molecule has 0 saturated carbocycles. The average molecular weight is 259 g/mol. The fraction of sp³-hybridized carbons (Fsp3) is 0.538. The fourth-order valence-corrected chi connectivity index (χ4v) is 2.37. The lowest BCUT2D eigenvalue weighted by atomic mass is 9.88. The van der Waals surface area contributed by atoms with Crippen molar-refractivity contribution >= 4 is 11.6 Å². The maximum absolute atomic E-state index is 13.2. The summed E-state index contributed by atoms with van der Waals surface area (Å²) in [6, 6.07) is 5.01. The number of nitrogens with zero attached hydrogens (tertiary/aromatic N) is 1. The second kappa shape index (κ2) is 5.34. The van der Waals surface area contributed by atoms with Crippen molar-refractivity contribution in [2.24, 2.45) is 0 Å². The molecule has 0 bridgehead atoms. The molecule has 1 rings (SSSR count). The van der Waals surface area contributed by atoms with E-state index in [1.165, 1.54) is 6.07 Å². The zero-order chi connectivity index (χ0) is 13.2. The number of hydrogen-bond donors (Lipinski definition) is 1. The Bertz CT molecular complexity index is 391. The van der Waals surface area contributed by atoms with Crippen LogP contribution < -0.4 is 5.32 Å². The van der Waals surface area contributed by atoms with Crippen molar-refractivity contribution < 1.29 is 4.39 Å². The summed E-state index contributed by atoms with van der Waals surface area (Å²) in [5.74, 6) is -0.379. The van der Waals surface area contributed by atoms with Crippen LogP contribution in [-0.4, -0.2) is 31.6 Å². The first-order valence-corrected chi connectivity index (χ1v) is 5.97. The largest absolute Gasteiger partial charge is 0.313 e. The molecule has 0 spiro atoms. The molecule has 96 valence electrons. The van der Waals surface area contributed by atoms with Crippen molar-refractivity contribution in [2.45, 2.75) is 25.4 Å². The van der Waals surface area contributed by atoms with E-state index in [0.29, 0.717) is 0 Å². The van der Waals surface area contributed by atoms with Crippen molar-refractivity contribution in [3.05, 3.63) is 34.6 Å². The summed E-state index contributed by atoms with van der Waals surface area (Å²) in [4.78, 5) is 2.10. The summed E-state index contributed by atoms with van der Waals surface area (Å²) < 4.78 is 13.2. The number of rotatable bonds is 4. The van der Waals surface area contributed by atoms with Crippen LogP contribution in [0.15, 0.2) is 18.2 Å². The highest BCUT2D eigenvalue weighted by atomic mass is 35.5. The maximum Gasteiger partial charge on any atom is 0.141 e. The molecule has 2 nitrogen and oxygen atoms in total. The Hall–Kier alpha value is -0.640. The molecule has 0 radical (unpaired) electrons. The number of halogens is 2. The van der Waals surface area contributed by atoms with Gasteiger partial charge in [-0.2, -0.15) is 0 Å². The molecular formula is C13H20ClFN2. The maximum atomic E-state index is 13.2. The third-order valence-electron chi connectivity index (χ3n) is 3.10. The summed E-state index contributed by atoms with van der Waals surface area (Å²) in [5.41, 5.74) is 0.866. The summed E-state index contributed by atoms with van der Waals surface area (Å²) in [6.07, 6.45) is 0. The first-order chi connectivity index (χ1) is 7.79. The molecule has 0 aliphatic carbocycles. The zero-order valence-corrected chi connectivity index (χ0v) is 11.8. The van der Waals surface area contributed by atoms with E-state index in [9.17, 15) is 4.39 Å². The molecular weight excluding hydrogens is 239 g/mol. The Morgan fingerprint density at radius 1 is 1.35 bits per heavy atom. The van der Waals surface area contributed by atoms with E-state index in [1.54, 1.807) is 12.1 Å². The predicted molar refractivity (Wildman–Crippen MR) is 71.0 cm³/mol. The van der Waals surface area contributed by atoms with Crippen molar-refractivity contribution in [3.8, 4) is 0 Å². The van der Waals surface area contributed by atoms with Gasteiger partial charge in [0.1, 0.15) is 5.82 Å². The van der Waals surface area contributed by atoms with Gasteiger partial charge in [-0.3, -0.25) is 0 Å². The molecule has 1 atom stereocenters. The monoisotopic (exact) mass is 258 g/mol. The van der Waals surface area contributed by atoms with Crippen LogP contribution in [0.5, 0.6) is 0 Å². The molecule has 1 unspecified atom stereocenters. The molecule has 0 aliphatic heterocycles. The Kier molecular flexibility index (Phi) is 4.53. The van der Waals surface area contributed by atoms with Crippen molar-refractivity contribution in [1.82, 2.24) is 10.2 Å². The molecule has 1 N–H and O–H groups in total. The Balaban J connectivity index is 3.19. The van der Waals surface area contributed by atoms with Gasteiger partial charge in [0.25, 0.3) is 0 Å². The summed E-state index contributed by atoms with van der Waals surface area (Å²) >= 11 is 5.84. The number of likely N-dealkylation sites (N-methyl/N-ethyl adjacent to an activating group) is 2. The minimum Gasteiger partial charge on any atom is -0.313 e. The van der Waals surface area contributed by atoms with E-state index in [2.05, 4.69) is 24.1 Å². The number of hydrogen-bond acceptors (Lipinski definition) is 2. The molecule has 0 heterocycles. The van der Waals surface area contributed by atoms with Crippen LogP contribution >= 0.6 is 11.6 Å². The molecule has 0 amide bonds. The third-order valence-corrected chi connectivity index (χ3v) is 3.39. The van der Waals surface area contributed by atoms with Gasteiger partial charge in [-0.25, -0.2) is 4.39 Å². The highest BCUT2D eigenvalue weighted by Crippen LogP contribution is 2.31. The molecule has 0 aliphatic rings. The molecule has 4 heteroatoms. The quantitative estimate of drug-likeness (QED) is 0.893. The van der Waals surface area contributed by atoms with Gasteiger partial charge in [0.2, 0.25) is 0 Å². The smallest absolute Gasteiger partial charge is 0.141 e. The van der Waals surface area contributed by atoms with Gasteiger partial charge in [-0.05, 0) is 52.7 Å². The third kappa shape index (κ3) is 3.18. The number of benzene rings is 1. The van der Waals surface area contributed by atoms with Gasteiger partial charge in [0.05, 0.1) is 11.1 Å². The highest BCUT2D eigenvalue weighted by molar-refractivity contribution is 6.30. The second-order valence-electron chi connectivity index (χ2n) is 5.01. The van der Waals surface area contributed by atoms with Gasteiger partial charge in [-0.15, -0.1) is 0 Å². The minimum atomic E-state index is -0.379. The fourth-order valence-electron chi connectivity index (χ4n) is 2.18. The van der Waals surface area contributed by atoms with E-state index in [-0.39, 0.29) is 22.4 Å². The summed E-state index contributed by atoms with van der Waals surface area (Å²) in [6.45, 7) is 4.21. The van der Waals surface area contributed by atoms with Crippen molar-refractivity contribution in [3.63, 3.8) is 0 Å². The minimum absolute atomic E-state index is 0.116. The van der Waals surface area contributed by atoms with Crippen LogP contribution in [0.25, 0.3) is 0 Å². The molecule has 17 heavy (non-hydrogen) atoms. The average Bonchev–Trinajstić information content (AvgIpc) is 2.22. The first kappa shape index (κ1) is 14.4. The predicted octanol–water partition coefficient (Wildman–Crippen LogP) is 3.08. The van der Waals surface area contributed by atoms with Crippen molar-refractivity contribution in [1.29, 1.82) is 0 Å². The summed E-state index contributed by atoms with van der Waals surface area (Å²) in [5, 5.41) is 3.44. The van der Waals surface area contributed by atoms with E-state index in [0.717, 1.165) is 5.56 Å². The molecule has 0 saturated heterocycles. The SMILES string of the molecule is CNC(C)(C)C(c1ccc(F)c(Cl)c1)N(C)C. The van der Waals surface area contributed by atoms with Gasteiger partial charge in [-0.1, -0.05) is 17.7 Å². The standard InChI is InChI=1S/C13H20ClFN2/c1-13(2,16-3)12(17(4)5)9-6-7-11(15)10(14)8-9/h6-8,12,16H,1-5H3. The van der Waals surface area contributed by atoms with Gasteiger partial charge in [0, 0.05) is 5.54 Å². The first-order valence-electron chi connectivity index (χ1n) is 5.60. The normalized spacial score (nSPS) is 14.1. The zero-order valence-electron chi connectivity index (χ0n) is 11.0. The topological polar surface area (TPSA) is 15.3 Å². The van der Waals surface area contributed by atoms with Crippen LogP contribution in [0.1, 0.15) is 25.5 Å². The van der Waals surface area contributed by atoms with Crippen LogP contribution in [0.4, 0.5) is 4.39 Å². The van der Waals surface area contributed by atoms with Crippen LogP contribution in [0.2, 0.25) is 5.02 Å². The van der Waals surface area contributed by atoms with Crippen LogP contribution in [0, 0.1) is 5.82 Å². The lowest BCUT2D eigenvalue weighted by Gasteiger charge is -2.39. The Morgan fingerprint density at radius 3 is 2.35 bits per heavy atom. The molecule has 1 aromatic carbocycles. The Morgan fingerprint density at radius 2 is 1.94 bits per heavy atom. The number of nitrogens with one attached hydrogen (secondary N) is 1. The van der Waals surface area contributed by atoms with Crippen LogP contribution in [0.3, 0.4) is 0 Å². The van der Waals surface area contributed by atoms with E-state index < -0.39 is 0 Å². The van der Waals surface area contributed by atoms with E-state index in [1.807, 2.05) is 21.1 Å². The van der Waals surface area contributed by atoms with Gasteiger partial charge < -0.3 is 10.2 Å². The summed E-state index contributed by atoms with van der Waals surface area (Å²) in [7, 11) is 5.92.